The number of aromatic nitrogens is 1. The summed E-state index contributed by atoms with van der Waals surface area (Å²) in [6.07, 6.45) is 0. The molecule has 0 spiro atoms. The van der Waals surface area contributed by atoms with Gasteiger partial charge in [0.15, 0.2) is 11.7 Å². The normalized spacial score (nSPS) is 10.6. The van der Waals surface area contributed by atoms with Gasteiger partial charge in [-0.05, 0) is 56.2 Å². The van der Waals surface area contributed by atoms with Crippen molar-refractivity contribution in [1.82, 2.24) is 4.98 Å². The van der Waals surface area contributed by atoms with E-state index in [1.54, 1.807) is 0 Å². The lowest BCUT2D eigenvalue weighted by atomic mass is 10.1. The predicted molar refractivity (Wildman–Crippen MR) is 110 cm³/mol. The molecule has 1 aromatic heterocycles. The Morgan fingerprint density at radius 3 is 2.42 bits per heavy atom. The molecule has 26 heavy (non-hydrogen) atoms. The first kappa shape index (κ1) is 18.6. The van der Waals surface area contributed by atoms with Crippen molar-refractivity contribution >= 4 is 38.3 Å². The van der Waals surface area contributed by atoms with E-state index in [9.17, 15) is 4.79 Å². The monoisotopic (exact) mass is 430 g/mol. The molecular weight excluding hydrogens is 412 g/mol. The van der Waals surface area contributed by atoms with Crippen molar-refractivity contribution in [2.75, 3.05) is 11.9 Å². The number of nitrogens with zero attached hydrogens (tertiary/aromatic N) is 1. The molecule has 0 unspecified atom stereocenters. The third-order valence-electron chi connectivity index (χ3n) is 3.73. The molecule has 0 fully saturated rings. The van der Waals surface area contributed by atoms with Crippen LogP contribution < -0.4 is 10.1 Å². The number of rotatable bonds is 5. The van der Waals surface area contributed by atoms with Gasteiger partial charge in [-0.3, -0.25) is 10.1 Å². The Morgan fingerprint density at radius 2 is 1.77 bits per heavy atom. The number of amides is 1. The molecule has 3 aromatic rings. The van der Waals surface area contributed by atoms with Crippen LogP contribution >= 0.6 is 27.3 Å². The summed E-state index contributed by atoms with van der Waals surface area (Å²) in [6, 6.07) is 13.9. The Hall–Kier alpha value is -2.18. The number of halogens is 1. The molecule has 3 rings (SSSR count). The first-order valence-corrected chi connectivity index (χ1v) is 9.76. The van der Waals surface area contributed by atoms with Gasteiger partial charge in [-0.15, -0.1) is 11.3 Å². The molecule has 134 valence electrons. The third kappa shape index (κ3) is 4.71. The van der Waals surface area contributed by atoms with Crippen LogP contribution in [0, 0.1) is 20.8 Å². The van der Waals surface area contributed by atoms with Crippen LogP contribution in [0.25, 0.3) is 11.3 Å². The number of hydrogen-bond donors (Lipinski definition) is 1. The fourth-order valence-corrected chi connectivity index (χ4v) is 3.76. The van der Waals surface area contributed by atoms with E-state index in [-0.39, 0.29) is 12.5 Å². The number of benzene rings is 2. The Morgan fingerprint density at radius 1 is 1.12 bits per heavy atom. The maximum Gasteiger partial charge on any atom is 0.264 e. The summed E-state index contributed by atoms with van der Waals surface area (Å²) in [5.41, 5.74) is 4.12. The minimum absolute atomic E-state index is 0.0465. The smallest absolute Gasteiger partial charge is 0.264 e. The number of aryl methyl sites for hydroxylation is 3. The summed E-state index contributed by atoms with van der Waals surface area (Å²) in [6.45, 7) is 5.95. The van der Waals surface area contributed by atoms with E-state index in [1.807, 2.05) is 57.2 Å². The van der Waals surface area contributed by atoms with Gasteiger partial charge in [-0.1, -0.05) is 34.1 Å². The highest BCUT2D eigenvalue weighted by molar-refractivity contribution is 9.10. The van der Waals surface area contributed by atoms with Gasteiger partial charge >= 0.3 is 0 Å². The quantitative estimate of drug-likeness (QED) is 0.579. The molecule has 0 aliphatic carbocycles. The van der Waals surface area contributed by atoms with Crippen LogP contribution in [0.4, 0.5) is 5.13 Å². The van der Waals surface area contributed by atoms with Crippen molar-refractivity contribution in [3.05, 3.63) is 62.9 Å². The zero-order valence-electron chi connectivity index (χ0n) is 14.8. The van der Waals surface area contributed by atoms with Crippen LogP contribution in [-0.4, -0.2) is 17.5 Å². The number of nitrogens with one attached hydrogen (secondary N) is 1. The summed E-state index contributed by atoms with van der Waals surface area (Å²) in [7, 11) is 0. The van der Waals surface area contributed by atoms with Gasteiger partial charge < -0.3 is 4.74 Å². The van der Waals surface area contributed by atoms with Gasteiger partial charge in [0.25, 0.3) is 5.91 Å². The van der Waals surface area contributed by atoms with Gasteiger partial charge in [0.1, 0.15) is 5.75 Å². The number of ether oxygens (including phenoxy) is 1. The van der Waals surface area contributed by atoms with E-state index in [2.05, 4.69) is 32.3 Å². The number of hydrogen-bond acceptors (Lipinski definition) is 4. The van der Waals surface area contributed by atoms with Gasteiger partial charge in [0, 0.05) is 14.9 Å². The topological polar surface area (TPSA) is 51.2 Å². The van der Waals surface area contributed by atoms with Crippen LogP contribution in [-0.2, 0) is 4.79 Å². The molecule has 2 aromatic carbocycles. The van der Waals surface area contributed by atoms with Crippen molar-refractivity contribution < 1.29 is 9.53 Å². The summed E-state index contributed by atoms with van der Waals surface area (Å²) in [5.74, 6) is 0.476. The molecule has 0 saturated carbocycles. The van der Waals surface area contributed by atoms with E-state index < -0.39 is 0 Å². The SMILES string of the molecule is Cc1cc(C)cc(OCC(=O)Nc2nc(-c3ccc(Br)cc3)c(C)s2)c1. The first-order valence-electron chi connectivity index (χ1n) is 8.15. The molecule has 1 N–H and O–H groups in total. The molecule has 0 bridgehead atoms. The number of carbonyl (C=O) groups excluding carboxylic acids is 1. The zero-order chi connectivity index (χ0) is 18.7. The number of carbonyl (C=O) groups is 1. The molecule has 6 heteroatoms. The molecule has 0 radical (unpaired) electrons. The van der Waals surface area contributed by atoms with Crippen LogP contribution in [0.3, 0.4) is 0 Å². The van der Waals surface area contributed by atoms with Crippen molar-refractivity contribution in [3.8, 4) is 17.0 Å². The standard InChI is InChI=1S/C20H19BrN2O2S/c1-12-8-13(2)10-17(9-12)25-11-18(24)22-20-23-19(14(3)26-20)15-4-6-16(21)7-5-15/h4-10H,11H2,1-3H3,(H,22,23,24). The highest BCUT2D eigenvalue weighted by atomic mass is 79.9. The summed E-state index contributed by atoms with van der Waals surface area (Å²) in [4.78, 5) is 17.8. The minimum Gasteiger partial charge on any atom is -0.484 e. The lowest BCUT2D eigenvalue weighted by molar-refractivity contribution is -0.118. The number of thiazole rings is 1. The fraction of sp³-hybridized carbons (Fsp3) is 0.200. The molecule has 1 amide bonds. The molecule has 0 atom stereocenters. The zero-order valence-corrected chi connectivity index (χ0v) is 17.2. The average molecular weight is 431 g/mol. The van der Waals surface area contributed by atoms with Crippen molar-refractivity contribution in [1.29, 1.82) is 0 Å². The maximum absolute atomic E-state index is 12.2. The molecule has 4 nitrogen and oxygen atoms in total. The van der Waals surface area contributed by atoms with E-state index in [0.717, 1.165) is 31.7 Å². The van der Waals surface area contributed by atoms with Gasteiger partial charge in [-0.2, -0.15) is 0 Å². The average Bonchev–Trinajstić information content (AvgIpc) is 2.93. The molecule has 0 aliphatic rings. The fourth-order valence-electron chi connectivity index (χ4n) is 2.65. The highest BCUT2D eigenvalue weighted by Gasteiger charge is 2.12. The van der Waals surface area contributed by atoms with Gasteiger partial charge in [-0.25, -0.2) is 4.98 Å². The van der Waals surface area contributed by atoms with Crippen molar-refractivity contribution in [2.45, 2.75) is 20.8 Å². The number of anilines is 1. The molecule has 1 heterocycles. The van der Waals surface area contributed by atoms with Crippen LogP contribution in [0.1, 0.15) is 16.0 Å². The first-order chi connectivity index (χ1) is 12.4. The molecule has 0 saturated heterocycles. The summed E-state index contributed by atoms with van der Waals surface area (Å²) < 4.78 is 6.62. The third-order valence-corrected chi connectivity index (χ3v) is 5.14. The maximum atomic E-state index is 12.2. The van der Waals surface area contributed by atoms with E-state index in [0.29, 0.717) is 10.9 Å². The minimum atomic E-state index is -0.222. The second kappa shape index (κ2) is 8.01. The summed E-state index contributed by atoms with van der Waals surface area (Å²) >= 11 is 4.89. The lowest BCUT2D eigenvalue weighted by Gasteiger charge is -2.07. The largest absolute Gasteiger partial charge is 0.484 e. The molecule has 0 aliphatic heterocycles. The Labute approximate surface area is 165 Å². The predicted octanol–water partition coefficient (Wildman–Crippen LogP) is 5.52. The van der Waals surface area contributed by atoms with Crippen molar-refractivity contribution in [3.63, 3.8) is 0 Å². The Bertz CT molecular complexity index is 915. The Balaban J connectivity index is 1.64. The Kier molecular flexibility index (Phi) is 5.74. The van der Waals surface area contributed by atoms with Crippen LogP contribution in [0.5, 0.6) is 5.75 Å². The lowest BCUT2D eigenvalue weighted by Crippen LogP contribution is -2.20. The van der Waals surface area contributed by atoms with E-state index in [4.69, 9.17) is 4.74 Å². The van der Waals surface area contributed by atoms with E-state index >= 15 is 0 Å². The van der Waals surface area contributed by atoms with Crippen LogP contribution in [0.2, 0.25) is 0 Å². The van der Waals surface area contributed by atoms with Crippen molar-refractivity contribution in [2.24, 2.45) is 0 Å². The second-order valence-corrected chi connectivity index (χ2v) is 8.21. The van der Waals surface area contributed by atoms with Gasteiger partial charge in [0.05, 0.1) is 5.69 Å². The summed E-state index contributed by atoms with van der Waals surface area (Å²) in [5, 5.41) is 3.40. The second-order valence-electron chi connectivity index (χ2n) is 6.09. The van der Waals surface area contributed by atoms with Gasteiger partial charge in [0.2, 0.25) is 0 Å². The highest BCUT2D eigenvalue weighted by Crippen LogP contribution is 2.31. The molecular formula is C20H19BrN2O2S. The van der Waals surface area contributed by atoms with Crippen LogP contribution in [0.15, 0.2) is 46.9 Å². The van der Waals surface area contributed by atoms with E-state index in [1.165, 1.54) is 11.3 Å².